The van der Waals surface area contributed by atoms with E-state index in [1.54, 1.807) is 4.90 Å². The van der Waals surface area contributed by atoms with Gasteiger partial charge in [-0.2, -0.15) is 0 Å². The van der Waals surface area contributed by atoms with E-state index in [-0.39, 0.29) is 17.9 Å². The molecule has 0 aromatic carbocycles. The topological polar surface area (TPSA) is 63.4 Å². The van der Waals surface area contributed by atoms with E-state index in [1.165, 1.54) is 0 Å². The molecule has 80 valence electrons. The summed E-state index contributed by atoms with van der Waals surface area (Å²) < 4.78 is 0. The third kappa shape index (κ3) is 2.47. The maximum absolute atomic E-state index is 11.6. The number of carbonyl (C=O) groups is 2. The van der Waals surface area contributed by atoms with E-state index in [9.17, 15) is 9.59 Å². The minimum Gasteiger partial charge on any atom is -0.368 e. The van der Waals surface area contributed by atoms with Crippen molar-refractivity contribution in [2.75, 3.05) is 6.54 Å². The molecule has 14 heavy (non-hydrogen) atoms. The lowest BCUT2D eigenvalue weighted by Crippen LogP contribution is -2.43. The minimum absolute atomic E-state index is 0.0770. The smallest absolute Gasteiger partial charge is 0.240 e. The summed E-state index contributed by atoms with van der Waals surface area (Å²) in [5.41, 5.74) is 5.22. The maximum Gasteiger partial charge on any atom is 0.240 e. The van der Waals surface area contributed by atoms with Gasteiger partial charge in [0.2, 0.25) is 11.8 Å². The molecule has 0 saturated carbocycles. The van der Waals surface area contributed by atoms with Gasteiger partial charge in [-0.15, -0.1) is 0 Å². The summed E-state index contributed by atoms with van der Waals surface area (Å²) in [7, 11) is 0. The Morgan fingerprint density at radius 2 is 2.21 bits per heavy atom. The van der Waals surface area contributed by atoms with Gasteiger partial charge in [0.25, 0.3) is 0 Å². The Morgan fingerprint density at radius 1 is 1.50 bits per heavy atom. The van der Waals surface area contributed by atoms with E-state index in [4.69, 9.17) is 5.73 Å². The second-order valence-electron chi connectivity index (χ2n) is 3.75. The summed E-state index contributed by atoms with van der Waals surface area (Å²) >= 11 is 0. The second kappa shape index (κ2) is 4.98. The van der Waals surface area contributed by atoms with Crippen molar-refractivity contribution in [3.8, 4) is 0 Å². The zero-order valence-electron chi connectivity index (χ0n) is 8.66. The molecular formula is C10H18N2O2. The Kier molecular flexibility index (Phi) is 3.92. The SMILES string of the molecule is CCCCC(=O)N1CCCC1C(N)=O. The van der Waals surface area contributed by atoms with E-state index < -0.39 is 0 Å². The fraction of sp³-hybridized carbons (Fsp3) is 0.800. The highest BCUT2D eigenvalue weighted by molar-refractivity contribution is 5.87. The van der Waals surface area contributed by atoms with Crippen molar-refractivity contribution in [2.45, 2.75) is 45.1 Å². The number of likely N-dealkylation sites (tertiary alicyclic amines) is 1. The molecule has 0 aromatic heterocycles. The molecule has 1 fully saturated rings. The average Bonchev–Trinajstić information content (AvgIpc) is 2.62. The van der Waals surface area contributed by atoms with Gasteiger partial charge in [0.15, 0.2) is 0 Å². The lowest BCUT2D eigenvalue weighted by atomic mass is 10.2. The molecule has 2 N–H and O–H groups in total. The average molecular weight is 198 g/mol. The molecule has 1 atom stereocenters. The number of nitrogens with two attached hydrogens (primary N) is 1. The number of unbranched alkanes of at least 4 members (excludes halogenated alkanes) is 1. The molecule has 1 heterocycles. The zero-order valence-corrected chi connectivity index (χ0v) is 8.66. The Labute approximate surface area is 84.4 Å². The highest BCUT2D eigenvalue weighted by atomic mass is 16.2. The third-order valence-corrected chi connectivity index (χ3v) is 2.65. The van der Waals surface area contributed by atoms with Crippen LogP contribution in [0.3, 0.4) is 0 Å². The van der Waals surface area contributed by atoms with Gasteiger partial charge in [-0.3, -0.25) is 9.59 Å². The number of rotatable bonds is 4. The fourth-order valence-corrected chi connectivity index (χ4v) is 1.83. The molecule has 1 saturated heterocycles. The largest absolute Gasteiger partial charge is 0.368 e. The van der Waals surface area contributed by atoms with Gasteiger partial charge in [-0.05, 0) is 19.3 Å². The monoisotopic (exact) mass is 198 g/mol. The summed E-state index contributed by atoms with van der Waals surface area (Å²) in [6.45, 7) is 2.74. The summed E-state index contributed by atoms with van der Waals surface area (Å²) in [6.07, 6.45) is 4.06. The van der Waals surface area contributed by atoms with E-state index in [0.29, 0.717) is 13.0 Å². The summed E-state index contributed by atoms with van der Waals surface area (Å²) in [6, 6.07) is -0.348. The quantitative estimate of drug-likeness (QED) is 0.721. The minimum atomic E-state index is -0.368. The van der Waals surface area contributed by atoms with Gasteiger partial charge in [0, 0.05) is 13.0 Å². The summed E-state index contributed by atoms with van der Waals surface area (Å²) in [5, 5.41) is 0. The van der Waals surface area contributed by atoms with E-state index >= 15 is 0 Å². The molecule has 1 rings (SSSR count). The molecule has 0 bridgehead atoms. The van der Waals surface area contributed by atoms with Crippen LogP contribution in [0.1, 0.15) is 39.0 Å². The first-order valence-electron chi connectivity index (χ1n) is 5.25. The van der Waals surface area contributed by atoms with E-state index in [0.717, 1.165) is 25.7 Å². The van der Waals surface area contributed by atoms with Crippen LogP contribution in [-0.4, -0.2) is 29.3 Å². The number of amides is 2. The number of primary amides is 1. The van der Waals surface area contributed by atoms with Crippen molar-refractivity contribution in [3.63, 3.8) is 0 Å². The van der Waals surface area contributed by atoms with Crippen molar-refractivity contribution >= 4 is 11.8 Å². The number of nitrogens with zero attached hydrogens (tertiary/aromatic N) is 1. The highest BCUT2D eigenvalue weighted by Gasteiger charge is 2.31. The van der Waals surface area contributed by atoms with E-state index in [1.807, 2.05) is 6.92 Å². The predicted octanol–water partition coefficient (Wildman–Crippen LogP) is 0.653. The van der Waals surface area contributed by atoms with Gasteiger partial charge in [0.05, 0.1) is 0 Å². The van der Waals surface area contributed by atoms with Crippen molar-refractivity contribution in [1.82, 2.24) is 4.90 Å². The van der Waals surface area contributed by atoms with Crippen molar-refractivity contribution in [1.29, 1.82) is 0 Å². The number of hydrogen-bond acceptors (Lipinski definition) is 2. The first-order valence-corrected chi connectivity index (χ1v) is 5.25. The molecule has 4 heteroatoms. The van der Waals surface area contributed by atoms with Crippen LogP contribution in [0.5, 0.6) is 0 Å². The lowest BCUT2D eigenvalue weighted by molar-refractivity contribution is -0.137. The number of carbonyl (C=O) groups excluding carboxylic acids is 2. The zero-order chi connectivity index (χ0) is 10.6. The molecule has 0 aliphatic carbocycles. The Balaban J connectivity index is 2.49. The molecule has 0 aromatic rings. The van der Waals surface area contributed by atoms with Gasteiger partial charge >= 0.3 is 0 Å². The van der Waals surface area contributed by atoms with Crippen LogP contribution in [0.4, 0.5) is 0 Å². The van der Waals surface area contributed by atoms with Gasteiger partial charge in [-0.25, -0.2) is 0 Å². The standard InChI is InChI=1S/C10H18N2O2/c1-2-3-6-9(13)12-7-4-5-8(12)10(11)14/h8H,2-7H2,1H3,(H2,11,14). The van der Waals surface area contributed by atoms with Crippen molar-refractivity contribution < 1.29 is 9.59 Å². The summed E-state index contributed by atoms with van der Waals surface area (Å²) in [4.78, 5) is 24.3. The molecule has 1 unspecified atom stereocenters. The molecule has 0 radical (unpaired) electrons. The molecule has 0 spiro atoms. The van der Waals surface area contributed by atoms with E-state index in [2.05, 4.69) is 0 Å². The highest BCUT2D eigenvalue weighted by Crippen LogP contribution is 2.18. The number of hydrogen-bond donors (Lipinski definition) is 1. The van der Waals surface area contributed by atoms with Crippen LogP contribution >= 0.6 is 0 Å². The predicted molar refractivity (Wildman–Crippen MR) is 53.5 cm³/mol. The van der Waals surface area contributed by atoms with Crippen LogP contribution in [0.2, 0.25) is 0 Å². The third-order valence-electron chi connectivity index (χ3n) is 2.65. The molecule has 4 nitrogen and oxygen atoms in total. The van der Waals surface area contributed by atoms with Gasteiger partial charge in [-0.1, -0.05) is 13.3 Å². The Morgan fingerprint density at radius 3 is 2.79 bits per heavy atom. The molecule has 1 aliphatic rings. The van der Waals surface area contributed by atoms with Crippen molar-refractivity contribution in [2.24, 2.45) is 5.73 Å². The van der Waals surface area contributed by atoms with Crippen LogP contribution < -0.4 is 5.73 Å². The van der Waals surface area contributed by atoms with Crippen LogP contribution in [0, 0.1) is 0 Å². The van der Waals surface area contributed by atoms with Crippen LogP contribution in [0.15, 0.2) is 0 Å². The molecule has 2 amide bonds. The Bertz CT molecular complexity index is 228. The lowest BCUT2D eigenvalue weighted by Gasteiger charge is -2.21. The maximum atomic E-state index is 11.6. The van der Waals surface area contributed by atoms with Crippen LogP contribution in [-0.2, 0) is 9.59 Å². The fourth-order valence-electron chi connectivity index (χ4n) is 1.83. The second-order valence-corrected chi connectivity index (χ2v) is 3.75. The Hall–Kier alpha value is -1.06. The van der Waals surface area contributed by atoms with Gasteiger partial charge < -0.3 is 10.6 Å². The normalized spacial score (nSPS) is 21.2. The molecule has 1 aliphatic heterocycles. The van der Waals surface area contributed by atoms with Crippen LogP contribution in [0.25, 0.3) is 0 Å². The first kappa shape index (κ1) is 11.0. The summed E-state index contributed by atoms with van der Waals surface area (Å²) in [5.74, 6) is -0.291. The van der Waals surface area contributed by atoms with Crippen molar-refractivity contribution in [3.05, 3.63) is 0 Å². The first-order chi connectivity index (χ1) is 6.66. The van der Waals surface area contributed by atoms with Gasteiger partial charge in [0.1, 0.15) is 6.04 Å². The molecular weight excluding hydrogens is 180 g/mol.